The van der Waals surface area contributed by atoms with Crippen molar-refractivity contribution in [2.24, 2.45) is 0 Å². The molecule has 8 nitrogen and oxygen atoms in total. The Bertz CT molecular complexity index is 1360. The molecule has 0 radical (unpaired) electrons. The van der Waals surface area contributed by atoms with Gasteiger partial charge in [-0.2, -0.15) is 5.10 Å². The highest BCUT2D eigenvalue weighted by Crippen LogP contribution is 2.16. The van der Waals surface area contributed by atoms with E-state index in [1.165, 1.54) is 6.20 Å². The lowest BCUT2D eigenvalue weighted by Crippen LogP contribution is -2.15. The number of rotatable bonds is 2. The van der Waals surface area contributed by atoms with Crippen LogP contribution in [0.15, 0.2) is 66.0 Å². The third-order valence-corrected chi connectivity index (χ3v) is 4.27. The van der Waals surface area contributed by atoms with Gasteiger partial charge in [0.25, 0.3) is 11.5 Å². The van der Waals surface area contributed by atoms with Gasteiger partial charge in [-0.3, -0.25) is 9.59 Å². The Morgan fingerprint density at radius 2 is 2.04 bits per heavy atom. The molecule has 0 aliphatic rings. The third kappa shape index (κ3) is 2.09. The number of anilines is 1. The van der Waals surface area contributed by atoms with Crippen LogP contribution in [0, 0.1) is 0 Å². The van der Waals surface area contributed by atoms with E-state index in [0.29, 0.717) is 27.8 Å². The number of hydrogen-bond donors (Lipinski definition) is 2. The van der Waals surface area contributed by atoms with Gasteiger partial charge in [-0.15, -0.1) is 0 Å². The Labute approximate surface area is 145 Å². The number of nitrogens with zero attached hydrogens (tertiary/aromatic N) is 4. The second-order valence-corrected chi connectivity index (χ2v) is 5.85. The highest BCUT2D eigenvalue weighted by Gasteiger charge is 2.16. The number of aromatic amines is 1. The molecule has 5 aromatic rings. The van der Waals surface area contributed by atoms with E-state index < -0.39 is 0 Å². The second-order valence-electron chi connectivity index (χ2n) is 5.85. The number of carbonyl (C=O) groups is 1. The highest BCUT2D eigenvalue weighted by atomic mass is 16.2. The zero-order chi connectivity index (χ0) is 17.7. The summed E-state index contributed by atoms with van der Waals surface area (Å²) in [4.78, 5) is 31.9. The smallest absolute Gasteiger partial charge is 0.261 e. The van der Waals surface area contributed by atoms with E-state index in [-0.39, 0.29) is 11.5 Å². The van der Waals surface area contributed by atoms with E-state index in [0.717, 1.165) is 5.65 Å². The summed E-state index contributed by atoms with van der Waals surface area (Å²) < 4.78 is 3.37. The van der Waals surface area contributed by atoms with Crippen LogP contribution in [0.5, 0.6) is 0 Å². The minimum atomic E-state index is -0.356. The maximum atomic E-state index is 12.7. The summed E-state index contributed by atoms with van der Waals surface area (Å²) in [5, 5.41) is 7.60. The normalized spacial score (nSPS) is 11.4. The van der Waals surface area contributed by atoms with E-state index >= 15 is 0 Å². The molecule has 8 heteroatoms. The summed E-state index contributed by atoms with van der Waals surface area (Å²) in [6.45, 7) is 0. The molecule has 0 saturated carbocycles. The van der Waals surface area contributed by atoms with Crippen molar-refractivity contribution >= 4 is 33.8 Å². The molecule has 0 fully saturated rings. The van der Waals surface area contributed by atoms with Crippen molar-refractivity contribution in [3.05, 3.63) is 77.1 Å². The fourth-order valence-electron chi connectivity index (χ4n) is 3.04. The third-order valence-electron chi connectivity index (χ3n) is 4.27. The second kappa shape index (κ2) is 5.28. The first kappa shape index (κ1) is 14.4. The molecule has 1 amide bonds. The zero-order valence-electron chi connectivity index (χ0n) is 13.4. The van der Waals surface area contributed by atoms with Gasteiger partial charge >= 0.3 is 0 Å². The largest absolute Gasteiger partial charge is 0.320 e. The van der Waals surface area contributed by atoms with Gasteiger partial charge in [0.05, 0.1) is 22.8 Å². The molecular formula is C18H12N6O2. The van der Waals surface area contributed by atoms with Gasteiger partial charge in [0, 0.05) is 18.6 Å². The van der Waals surface area contributed by atoms with Gasteiger partial charge in [-0.25, -0.2) is 9.50 Å². The lowest BCUT2D eigenvalue weighted by atomic mass is 10.2. The molecule has 1 aromatic carbocycles. The van der Waals surface area contributed by atoms with Crippen molar-refractivity contribution in [3.8, 4) is 0 Å². The van der Waals surface area contributed by atoms with Crippen LogP contribution < -0.4 is 10.9 Å². The van der Waals surface area contributed by atoms with Crippen LogP contribution in [0.3, 0.4) is 0 Å². The molecule has 0 aliphatic heterocycles. The van der Waals surface area contributed by atoms with Gasteiger partial charge in [0.15, 0.2) is 0 Å². The molecule has 4 heterocycles. The van der Waals surface area contributed by atoms with Gasteiger partial charge in [0.1, 0.15) is 16.9 Å². The standard InChI is InChI=1S/C18H12N6O2/c25-17-12-3-1-2-4-14(12)24-16(22-17)13(9-20-24)18(26)21-11-5-6-15-19-7-8-23(15)10-11/h1-10H,(H,21,26)(H,22,25). The molecule has 26 heavy (non-hydrogen) atoms. The quantitative estimate of drug-likeness (QED) is 0.512. The summed E-state index contributed by atoms with van der Waals surface area (Å²) in [6, 6.07) is 10.7. The molecule has 0 spiro atoms. The highest BCUT2D eigenvalue weighted by molar-refractivity contribution is 6.08. The van der Waals surface area contributed by atoms with E-state index in [1.807, 2.05) is 6.07 Å². The molecule has 4 aromatic heterocycles. The summed E-state index contributed by atoms with van der Waals surface area (Å²) >= 11 is 0. The molecule has 0 bridgehead atoms. The first-order chi connectivity index (χ1) is 12.7. The van der Waals surface area contributed by atoms with Crippen molar-refractivity contribution in [2.75, 3.05) is 5.32 Å². The van der Waals surface area contributed by atoms with Crippen molar-refractivity contribution in [3.63, 3.8) is 0 Å². The van der Waals surface area contributed by atoms with Crippen LogP contribution in [0.25, 0.3) is 22.2 Å². The molecule has 0 unspecified atom stereocenters. The number of carbonyl (C=O) groups excluding carboxylic acids is 1. The van der Waals surface area contributed by atoms with Crippen molar-refractivity contribution in [1.29, 1.82) is 0 Å². The summed E-state index contributed by atoms with van der Waals surface area (Å²) in [5.74, 6) is -0.356. The Kier molecular flexibility index (Phi) is 2.93. The Balaban J connectivity index is 1.59. The molecule has 0 atom stereocenters. The summed E-state index contributed by atoms with van der Waals surface area (Å²) in [7, 11) is 0. The average Bonchev–Trinajstić information content (AvgIpc) is 3.28. The predicted octanol–water partition coefficient (Wildman–Crippen LogP) is 2.08. The van der Waals surface area contributed by atoms with Crippen LogP contribution in [-0.2, 0) is 0 Å². The number of fused-ring (bicyclic) bond motifs is 4. The maximum Gasteiger partial charge on any atom is 0.261 e. The summed E-state index contributed by atoms with van der Waals surface area (Å²) in [6.07, 6.45) is 6.69. The Hall–Kier alpha value is -3.94. The maximum absolute atomic E-state index is 12.7. The summed E-state index contributed by atoms with van der Waals surface area (Å²) in [5.41, 5.74) is 2.43. The fraction of sp³-hybridized carbons (Fsp3) is 0. The lowest BCUT2D eigenvalue weighted by Gasteiger charge is -2.05. The lowest BCUT2D eigenvalue weighted by molar-refractivity contribution is 0.102. The van der Waals surface area contributed by atoms with E-state index in [1.54, 1.807) is 57.8 Å². The van der Waals surface area contributed by atoms with E-state index in [2.05, 4.69) is 20.4 Å². The van der Waals surface area contributed by atoms with Crippen LogP contribution >= 0.6 is 0 Å². The van der Waals surface area contributed by atoms with Crippen LogP contribution in [0.1, 0.15) is 10.4 Å². The van der Waals surface area contributed by atoms with Crippen molar-refractivity contribution in [2.45, 2.75) is 0 Å². The predicted molar refractivity (Wildman–Crippen MR) is 96.5 cm³/mol. The zero-order valence-corrected chi connectivity index (χ0v) is 13.4. The molecule has 126 valence electrons. The number of para-hydroxylation sites is 1. The Morgan fingerprint density at radius 3 is 2.96 bits per heavy atom. The minimum Gasteiger partial charge on any atom is -0.320 e. The molecule has 5 rings (SSSR count). The number of hydrogen-bond acceptors (Lipinski definition) is 4. The average molecular weight is 344 g/mol. The molecule has 0 saturated heterocycles. The number of pyridine rings is 1. The number of H-pyrrole nitrogens is 1. The van der Waals surface area contributed by atoms with Crippen LogP contribution in [0.4, 0.5) is 5.69 Å². The topological polar surface area (TPSA) is 96.6 Å². The molecule has 2 N–H and O–H groups in total. The fourth-order valence-corrected chi connectivity index (χ4v) is 3.04. The van der Waals surface area contributed by atoms with Gasteiger partial charge in [-0.05, 0) is 24.3 Å². The molecular weight excluding hydrogens is 332 g/mol. The first-order valence-electron chi connectivity index (χ1n) is 7.93. The van der Waals surface area contributed by atoms with E-state index in [4.69, 9.17) is 0 Å². The van der Waals surface area contributed by atoms with Crippen LogP contribution in [-0.4, -0.2) is 29.9 Å². The van der Waals surface area contributed by atoms with Crippen molar-refractivity contribution in [1.82, 2.24) is 24.0 Å². The monoisotopic (exact) mass is 344 g/mol. The molecule has 0 aliphatic carbocycles. The minimum absolute atomic E-state index is 0.262. The number of imidazole rings is 1. The number of nitrogens with one attached hydrogen (secondary N) is 2. The number of aromatic nitrogens is 5. The first-order valence-corrected chi connectivity index (χ1v) is 7.93. The van der Waals surface area contributed by atoms with Crippen molar-refractivity contribution < 1.29 is 4.79 Å². The SMILES string of the molecule is O=C(Nc1ccc2nccn2c1)c1cnn2c1[nH]c(=O)c1ccccc12. The Morgan fingerprint density at radius 1 is 1.15 bits per heavy atom. The van der Waals surface area contributed by atoms with Gasteiger partial charge in [0.2, 0.25) is 0 Å². The van der Waals surface area contributed by atoms with Crippen LogP contribution in [0.2, 0.25) is 0 Å². The van der Waals surface area contributed by atoms with Gasteiger partial charge in [-0.1, -0.05) is 12.1 Å². The number of amides is 1. The van der Waals surface area contributed by atoms with Gasteiger partial charge < -0.3 is 14.7 Å². The number of benzene rings is 1. The van der Waals surface area contributed by atoms with E-state index in [9.17, 15) is 9.59 Å².